The lowest BCUT2D eigenvalue weighted by Crippen LogP contribution is -2.50. The summed E-state index contributed by atoms with van der Waals surface area (Å²) in [5.41, 5.74) is 0. The van der Waals surface area contributed by atoms with Gasteiger partial charge in [-0.25, -0.2) is 0 Å². The zero-order chi connectivity index (χ0) is 13.4. The molecule has 0 aromatic rings. The molecule has 1 aliphatic rings. The molecule has 0 aliphatic carbocycles. The second-order valence-corrected chi connectivity index (χ2v) is 5.47. The van der Waals surface area contributed by atoms with Gasteiger partial charge in [0, 0.05) is 32.3 Å². The van der Waals surface area contributed by atoms with Gasteiger partial charge in [-0.05, 0) is 45.5 Å². The van der Waals surface area contributed by atoms with Gasteiger partial charge < -0.3 is 15.4 Å². The van der Waals surface area contributed by atoms with Crippen LogP contribution in [0.4, 0.5) is 0 Å². The molecule has 2 atom stereocenters. The highest BCUT2D eigenvalue weighted by atomic mass is 32.1. The zero-order valence-corrected chi connectivity index (χ0v) is 12.7. The van der Waals surface area contributed by atoms with E-state index in [4.69, 9.17) is 17.0 Å². The Balaban J connectivity index is 2.19. The Kier molecular flexibility index (Phi) is 7.54. The van der Waals surface area contributed by atoms with Gasteiger partial charge in [0.05, 0.1) is 6.61 Å². The monoisotopic (exact) mass is 273 g/mol. The van der Waals surface area contributed by atoms with Gasteiger partial charge in [-0.1, -0.05) is 6.42 Å². The van der Waals surface area contributed by atoms with Crippen molar-refractivity contribution in [2.75, 3.05) is 33.4 Å². The molecule has 0 spiro atoms. The Morgan fingerprint density at radius 3 is 2.89 bits per heavy atom. The van der Waals surface area contributed by atoms with Gasteiger partial charge in [0.1, 0.15) is 0 Å². The number of nitrogens with one attached hydrogen (secondary N) is 2. The Hall–Kier alpha value is -0.390. The number of ether oxygens (including phenoxy) is 1. The third kappa shape index (κ3) is 5.50. The van der Waals surface area contributed by atoms with E-state index in [1.807, 2.05) is 0 Å². The van der Waals surface area contributed by atoms with Crippen LogP contribution in [-0.2, 0) is 4.74 Å². The van der Waals surface area contributed by atoms with Crippen LogP contribution in [0.1, 0.15) is 33.1 Å². The minimum absolute atomic E-state index is 0.530. The van der Waals surface area contributed by atoms with Crippen LogP contribution in [0.3, 0.4) is 0 Å². The lowest BCUT2D eigenvalue weighted by atomic mass is 10.0. The molecule has 0 bridgehead atoms. The Bertz CT molecular complexity index is 250. The molecule has 1 fully saturated rings. The summed E-state index contributed by atoms with van der Waals surface area (Å²) in [6, 6.07) is 1.23. The SMILES string of the molecule is COCCNC(=S)NC[C@@H](C)N1CCCC[C@H]1C. The predicted octanol–water partition coefficient (Wildman–Crippen LogP) is 1.36. The van der Waals surface area contributed by atoms with Crippen molar-refractivity contribution in [1.82, 2.24) is 15.5 Å². The number of hydrogen-bond acceptors (Lipinski definition) is 3. The molecule has 1 rings (SSSR count). The summed E-state index contributed by atoms with van der Waals surface area (Å²) in [6.07, 6.45) is 4.01. The van der Waals surface area contributed by atoms with E-state index in [0.717, 1.165) is 18.2 Å². The molecule has 2 N–H and O–H groups in total. The number of nitrogens with zero attached hydrogens (tertiary/aromatic N) is 1. The van der Waals surface area contributed by atoms with Crippen molar-refractivity contribution >= 4 is 17.3 Å². The van der Waals surface area contributed by atoms with Crippen molar-refractivity contribution in [1.29, 1.82) is 0 Å². The third-order valence-corrected chi connectivity index (χ3v) is 3.86. The summed E-state index contributed by atoms with van der Waals surface area (Å²) in [4.78, 5) is 2.58. The van der Waals surface area contributed by atoms with Gasteiger partial charge in [0.15, 0.2) is 5.11 Å². The van der Waals surface area contributed by atoms with Crippen LogP contribution in [0.25, 0.3) is 0 Å². The number of likely N-dealkylation sites (tertiary alicyclic amines) is 1. The van der Waals surface area contributed by atoms with Crippen LogP contribution in [0.5, 0.6) is 0 Å². The van der Waals surface area contributed by atoms with Crippen LogP contribution >= 0.6 is 12.2 Å². The number of thiocarbonyl (C=S) groups is 1. The molecule has 4 nitrogen and oxygen atoms in total. The van der Waals surface area contributed by atoms with Crippen molar-refractivity contribution in [3.05, 3.63) is 0 Å². The molecule has 0 aromatic carbocycles. The maximum absolute atomic E-state index is 5.22. The summed E-state index contributed by atoms with van der Waals surface area (Å²) < 4.78 is 4.97. The largest absolute Gasteiger partial charge is 0.383 e. The molecular weight excluding hydrogens is 246 g/mol. The molecule has 106 valence electrons. The fourth-order valence-corrected chi connectivity index (χ4v) is 2.65. The molecule has 0 unspecified atom stereocenters. The first-order chi connectivity index (χ1) is 8.65. The van der Waals surface area contributed by atoms with E-state index in [-0.39, 0.29) is 0 Å². The normalized spacial score (nSPS) is 22.5. The maximum atomic E-state index is 5.22. The highest BCUT2D eigenvalue weighted by Crippen LogP contribution is 2.18. The van der Waals surface area contributed by atoms with E-state index in [2.05, 4.69) is 29.4 Å². The highest BCUT2D eigenvalue weighted by molar-refractivity contribution is 7.80. The summed E-state index contributed by atoms with van der Waals surface area (Å²) in [5, 5.41) is 7.14. The fourth-order valence-electron chi connectivity index (χ4n) is 2.46. The second-order valence-electron chi connectivity index (χ2n) is 5.06. The van der Waals surface area contributed by atoms with Gasteiger partial charge in [0.25, 0.3) is 0 Å². The summed E-state index contributed by atoms with van der Waals surface area (Å²) in [5.74, 6) is 0. The molecule has 0 radical (unpaired) electrons. The average molecular weight is 273 g/mol. The second kappa shape index (κ2) is 8.67. The first kappa shape index (κ1) is 15.7. The Morgan fingerprint density at radius 1 is 1.44 bits per heavy atom. The summed E-state index contributed by atoms with van der Waals surface area (Å²) >= 11 is 5.22. The van der Waals surface area contributed by atoms with Gasteiger partial charge in [-0.15, -0.1) is 0 Å². The van der Waals surface area contributed by atoms with Gasteiger partial charge in [0.2, 0.25) is 0 Å². The zero-order valence-electron chi connectivity index (χ0n) is 11.9. The van der Waals surface area contributed by atoms with Crippen molar-refractivity contribution in [3.8, 4) is 0 Å². The van der Waals surface area contributed by atoms with E-state index in [0.29, 0.717) is 18.7 Å². The van der Waals surface area contributed by atoms with Crippen molar-refractivity contribution in [2.24, 2.45) is 0 Å². The molecule has 18 heavy (non-hydrogen) atoms. The topological polar surface area (TPSA) is 36.5 Å². The minimum atomic E-state index is 0.530. The molecule has 0 amide bonds. The van der Waals surface area contributed by atoms with E-state index in [1.165, 1.54) is 25.8 Å². The van der Waals surface area contributed by atoms with E-state index in [1.54, 1.807) is 7.11 Å². The minimum Gasteiger partial charge on any atom is -0.383 e. The van der Waals surface area contributed by atoms with Crippen molar-refractivity contribution < 1.29 is 4.74 Å². The first-order valence-corrected chi connectivity index (χ1v) is 7.32. The lowest BCUT2D eigenvalue weighted by Gasteiger charge is -2.38. The number of hydrogen-bond donors (Lipinski definition) is 2. The van der Waals surface area contributed by atoms with E-state index < -0.39 is 0 Å². The van der Waals surface area contributed by atoms with Crippen molar-refractivity contribution in [3.63, 3.8) is 0 Å². The van der Waals surface area contributed by atoms with Crippen LogP contribution in [-0.4, -0.2) is 55.4 Å². The summed E-state index contributed by atoms with van der Waals surface area (Å²) in [7, 11) is 1.69. The van der Waals surface area contributed by atoms with Gasteiger partial charge >= 0.3 is 0 Å². The average Bonchev–Trinajstić information content (AvgIpc) is 2.37. The van der Waals surface area contributed by atoms with Crippen LogP contribution < -0.4 is 10.6 Å². The molecule has 1 saturated heterocycles. The molecular formula is C13H27N3OS. The van der Waals surface area contributed by atoms with Crippen LogP contribution in [0.2, 0.25) is 0 Å². The highest BCUT2D eigenvalue weighted by Gasteiger charge is 2.22. The van der Waals surface area contributed by atoms with Crippen LogP contribution in [0.15, 0.2) is 0 Å². The quantitative estimate of drug-likeness (QED) is 0.564. The first-order valence-electron chi connectivity index (χ1n) is 6.91. The van der Waals surface area contributed by atoms with E-state index in [9.17, 15) is 0 Å². The smallest absolute Gasteiger partial charge is 0.166 e. The fraction of sp³-hybridized carbons (Fsp3) is 0.923. The number of methoxy groups -OCH3 is 1. The predicted molar refractivity (Wildman–Crippen MR) is 80.0 cm³/mol. The molecule has 1 aliphatic heterocycles. The Morgan fingerprint density at radius 2 is 2.22 bits per heavy atom. The Labute approximate surface area is 116 Å². The summed E-state index contributed by atoms with van der Waals surface area (Å²) in [6.45, 7) is 8.16. The lowest BCUT2D eigenvalue weighted by molar-refractivity contribution is 0.116. The molecule has 0 aromatic heterocycles. The molecule has 0 saturated carbocycles. The van der Waals surface area contributed by atoms with Gasteiger partial charge in [-0.3, -0.25) is 4.90 Å². The standard InChI is InChI=1S/C13H27N3OS/c1-11-6-4-5-8-16(11)12(2)10-15-13(18)14-7-9-17-3/h11-12H,4-10H2,1-3H3,(H2,14,15,18)/t11-,12-/m1/s1. The molecule has 5 heteroatoms. The van der Waals surface area contributed by atoms with E-state index >= 15 is 0 Å². The maximum Gasteiger partial charge on any atom is 0.166 e. The molecule has 1 heterocycles. The number of rotatable bonds is 6. The van der Waals surface area contributed by atoms with Crippen LogP contribution in [0, 0.1) is 0 Å². The van der Waals surface area contributed by atoms with Gasteiger partial charge in [-0.2, -0.15) is 0 Å². The van der Waals surface area contributed by atoms with Crippen molar-refractivity contribution in [2.45, 2.75) is 45.2 Å². The number of piperidine rings is 1. The third-order valence-electron chi connectivity index (χ3n) is 3.57.